The molecule has 134 valence electrons. The number of phenols is 1. The highest BCUT2D eigenvalue weighted by Gasteiger charge is 2.43. The van der Waals surface area contributed by atoms with E-state index in [-0.39, 0.29) is 17.2 Å². The topological polar surface area (TPSA) is 95.9 Å². The molecule has 0 bridgehead atoms. The third-order valence-corrected chi connectivity index (χ3v) is 4.19. The molecule has 7 heteroatoms. The summed E-state index contributed by atoms with van der Waals surface area (Å²) in [4.78, 5) is 38.5. The molecule has 2 N–H and O–H groups in total. The molecule has 7 nitrogen and oxygen atoms in total. The molecule has 2 aromatic carbocycles. The van der Waals surface area contributed by atoms with Crippen molar-refractivity contribution in [3.8, 4) is 5.75 Å². The number of ether oxygens (including phenoxy) is 1. The van der Waals surface area contributed by atoms with Crippen LogP contribution < -0.4 is 10.2 Å². The van der Waals surface area contributed by atoms with Crippen molar-refractivity contribution >= 4 is 29.2 Å². The molecular weight excluding hydrogens is 336 g/mol. The van der Waals surface area contributed by atoms with Gasteiger partial charge in [0.15, 0.2) is 6.61 Å². The van der Waals surface area contributed by atoms with Gasteiger partial charge in [-0.1, -0.05) is 12.1 Å². The second kappa shape index (κ2) is 6.51. The van der Waals surface area contributed by atoms with Gasteiger partial charge < -0.3 is 15.2 Å². The predicted octanol–water partition coefficient (Wildman–Crippen LogP) is 2.31. The van der Waals surface area contributed by atoms with E-state index in [1.807, 2.05) is 0 Å². The molecule has 0 radical (unpaired) electrons. The fraction of sp³-hybridized carbons (Fsp3) is 0.211. The first-order chi connectivity index (χ1) is 12.3. The van der Waals surface area contributed by atoms with Crippen LogP contribution in [0.2, 0.25) is 0 Å². The van der Waals surface area contributed by atoms with E-state index in [1.54, 1.807) is 38.1 Å². The van der Waals surface area contributed by atoms with Gasteiger partial charge in [0.25, 0.3) is 5.91 Å². The number of nitrogens with one attached hydrogen (secondary N) is 1. The van der Waals surface area contributed by atoms with Crippen LogP contribution in [0.15, 0.2) is 48.5 Å². The van der Waals surface area contributed by atoms with Crippen LogP contribution in [0.1, 0.15) is 24.2 Å². The van der Waals surface area contributed by atoms with Crippen molar-refractivity contribution in [3.05, 3.63) is 54.1 Å². The van der Waals surface area contributed by atoms with Crippen LogP contribution >= 0.6 is 0 Å². The Morgan fingerprint density at radius 1 is 1.12 bits per heavy atom. The molecule has 0 atom stereocenters. The summed E-state index contributed by atoms with van der Waals surface area (Å²) < 4.78 is 5.08. The summed E-state index contributed by atoms with van der Waals surface area (Å²) >= 11 is 0. The minimum atomic E-state index is -1.13. The maximum atomic E-state index is 12.7. The monoisotopic (exact) mass is 354 g/mol. The molecule has 1 aliphatic heterocycles. The van der Waals surface area contributed by atoms with Crippen molar-refractivity contribution in [2.45, 2.75) is 19.4 Å². The third kappa shape index (κ3) is 3.11. The Kier molecular flexibility index (Phi) is 4.38. The Hall–Kier alpha value is -3.35. The molecule has 0 unspecified atom stereocenters. The number of aromatic hydroxyl groups is 1. The summed E-state index contributed by atoms with van der Waals surface area (Å²) in [5.74, 6) is -1.50. The van der Waals surface area contributed by atoms with E-state index >= 15 is 0 Å². The van der Waals surface area contributed by atoms with Gasteiger partial charge >= 0.3 is 5.97 Å². The summed E-state index contributed by atoms with van der Waals surface area (Å²) in [6, 6.07) is 12.4. The van der Waals surface area contributed by atoms with Gasteiger partial charge in [0.2, 0.25) is 5.91 Å². The standard InChI is InChI=1S/C19H18N2O5/c1-19(2)18(25)20-14-5-3-4-6-15(14)21(19)16(23)11-26-17(24)12-7-9-13(22)10-8-12/h3-10,22H,11H2,1-2H3,(H,20,25). The lowest BCUT2D eigenvalue weighted by Crippen LogP contribution is -2.59. The van der Waals surface area contributed by atoms with Gasteiger partial charge in [-0.15, -0.1) is 0 Å². The van der Waals surface area contributed by atoms with E-state index < -0.39 is 24.0 Å². The lowest BCUT2D eigenvalue weighted by atomic mass is 9.96. The average Bonchev–Trinajstić information content (AvgIpc) is 2.61. The number of hydrogen-bond acceptors (Lipinski definition) is 5. The molecule has 1 aliphatic rings. The number of amides is 2. The molecule has 0 fully saturated rings. The van der Waals surface area contributed by atoms with Crippen LogP contribution in [0.5, 0.6) is 5.75 Å². The van der Waals surface area contributed by atoms with Gasteiger partial charge in [0.1, 0.15) is 11.3 Å². The summed E-state index contributed by atoms with van der Waals surface area (Å²) in [6.07, 6.45) is 0. The number of phenolic OH excluding ortho intramolecular Hbond substituents is 1. The fourth-order valence-electron chi connectivity index (χ4n) is 2.77. The van der Waals surface area contributed by atoms with E-state index in [9.17, 15) is 19.5 Å². The second-order valence-corrected chi connectivity index (χ2v) is 6.38. The molecule has 0 aliphatic carbocycles. The van der Waals surface area contributed by atoms with Crippen LogP contribution in [0.4, 0.5) is 11.4 Å². The van der Waals surface area contributed by atoms with E-state index in [4.69, 9.17) is 4.74 Å². The van der Waals surface area contributed by atoms with Gasteiger partial charge in [0, 0.05) is 0 Å². The largest absolute Gasteiger partial charge is 0.508 e. The first kappa shape index (κ1) is 17.5. The Labute approximate surface area is 150 Å². The van der Waals surface area contributed by atoms with Crippen molar-refractivity contribution in [3.63, 3.8) is 0 Å². The maximum absolute atomic E-state index is 12.7. The molecule has 1 heterocycles. The number of anilines is 2. The third-order valence-electron chi connectivity index (χ3n) is 4.19. The Bertz CT molecular complexity index is 874. The van der Waals surface area contributed by atoms with Gasteiger partial charge in [-0.25, -0.2) is 4.79 Å². The van der Waals surface area contributed by atoms with Crippen molar-refractivity contribution in [1.29, 1.82) is 0 Å². The van der Waals surface area contributed by atoms with E-state index in [0.717, 1.165) is 0 Å². The number of hydrogen-bond donors (Lipinski definition) is 2. The first-order valence-electron chi connectivity index (χ1n) is 8.00. The summed E-state index contributed by atoms with van der Waals surface area (Å²) in [5, 5.41) is 12.0. The van der Waals surface area contributed by atoms with Crippen LogP contribution in [0.25, 0.3) is 0 Å². The van der Waals surface area contributed by atoms with E-state index in [0.29, 0.717) is 11.4 Å². The van der Waals surface area contributed by atoms with Crippen LogP contribution in [0.3, 0.4) is 0 Å². The molecule has 2 aromatic rings. The Morgan fingerprint density at radius 3 is 2.46 bits per heavy atom. The molecular formula is C19H18N2O5. The highest BCUT2D eigenvalue weighted by molar-refractivity contribution is 6.14. The molecule has 0 aromatic heterocycles. The number of carbonyl (C=O) groups is 3. The highest BCUT2D eigenvalue weighted by Crippen LogP contribution is 2.36. The number of carbonyl (C=O) groups excluding carboxylic acids is 3. The number of rotatable bonds is 3. The summed E-state index contributed by atoms with van der Waals surface area (Å²) in [6.45, 7) is 2.74. The predicted molar refractivity (Wildman–Crippen MR) is 95.0 cm³/mol. The van der Waals surface area contributed by atoms with Crippen molar-refractivity contribution in [2.24, 2.45) is 0 Å². The zero-order valence-electron chi connectivity index (χ0n) is 14.4. The normalized spacial score (nSPS) is 15.0. The van der Waals surface area contributed by atoms with E-state index in [2.05, 4.69) is 5.32 Å². The zero-order valence-corrected chi connectivity index (χ0v) is 14.4. The van der Waals surface area contributed by atoms with Crippen molar-refractivity contribution in [2.75, 3.05) is 16.8 Å². The molecule has 0 saturated carbocycles. The number of benzene rings is 2. The Balaban J connectivity index is 1.79. The van der Waals surface area contributed by atoms with Crippen molar-refractivity contribution < 1.29 is 24.2 Å². The summed E-state index contributed by atoms with van der Waals surface area (Å²) in [7, 11) is 0. The molecule has 3 rings (SSSR count). The number of nitrogens with zero attached hydrogens (tertiary/aromatic N) is 1. The van der Waals surface area contributed by atoms with Gasteiger partial charge in [0.05, 0.1) is 16.9 Å². The quantitative estimate of drug-likeness (QED) is 0.825. The Morgan fingerprint density at radius 2 is 1.77 bits per heavy atom. The number of fused-ring (bicyclic) bond motifs is 1. The minimum Gasteiger partial charge on any atom is -0.508 e. The average molecular weight is 354 g/mol. The SMILES string of the molecule is CC1(C)C(=O)Nc2ccccc2N1C(=O)COC(=O)c1ccc(O)cc1. The van der Waals surface area contributed by atoms with Crippen LogP contribution in [-0.2, 0) is 14.3 Å². The first-order valence-corrected chi connectivity index (χ1v) is 8.00. The maximum Gasteiger partial charge on any atom is 0.338 e. The van der Waals surface area contributed by atoms with Crippen molar-refractivity contribution in [1.82, 2.24) is 0 Å². The zero-order chi connectivity index (χ0) is 18.9. The number of esters is 1. The second-order valence-electron chi connectivity index (χ2n) is 6.38. The lowest BCUT2D eigenvalue weighted by molar-refractivity contribution is -0.128. The molecule has 0 saturated heterocycles. The smallest absolute Gasteiger partial charge is 0.338 e. The molecule has 2 amide bonds. The van der Waals surface area contributed by atoms with Crippen LogP contribution in [-0.4, -0.2) is 35.0 Å². The fourth-order valence-corrected chi connectivity index (χ4v) is 2.77. The molecule has 0 spiro atoms. The summed E-state index contributed by atoms with van der Waals surface area (Å²) in [5.41, 5.74) is 0.153. The highest BCUT2D eigenvalue weighted by atomic mass is 16.5. The van der Waals surface area contributed by atoms with E-state index in [1.165, 1.54) is 29.2 Å². The lowest BCUT2D eigenvalue weighted by Gasteiger charge is -2.41. The van der Waals surface area contributed by atoms with Crippen LogP contribution in [0, 0.1) is 0 Å². The van der Waals surface area contributed by atoms with Gasteiger partial charge in [-0.05, 0) is 50.2 Å². The number of para-hydroxylation sites is 2. The van der Waals surface area contributed by atoms with Gasteiger partial charge in [-0.2, -0.15) is 0 Å². The van der Waals surface area contributed by atoms with Gasteiger partial charge in [-0.3, -0.25) is 14.5 Å². The minimum absolute atomic E-state index is 0.0234. The molecule has 26 heavy (non-hydrogen) atoms.